The minimum absolute atomic E-state index is 0.0708. The normalized spacial score (nSPS) is 11.6. The molecule has 0 amide bonds. The second-order valence-corrected chi connectivity index (χ2v) is 6.22. The van der Waals surface area contributed by atoms with Gasteiger partial charge < -0.3 is 4.74 Å². The smallest absolute Gasteiger partial charge is 0.238 e. The van der Waals surface area contributed by atoms with Crippen LogP contribution in [0.2, 0.25) is 0 Å². The summed E-state index contributed by atoms with van der Waals surface area (Å²) in [5.74, 6) is 1.32. The van der Waals surface area contributed by atoms with Crippen molar-refractivity contribution < 1.29 is 13.2 Å². The first-order valence-corrected chi connectivity index (χ1v) is 8.09. The van der Waals surface area contributed by atoms with Gasteiger partial charge in [-0.05, 0) is 37.1 Å². The molecule has 0 atom stereocenters. The predicted molar refractivity (Wildman–Crippen MR) is 77.2 cm³/mol. The van der Waals surface area contributed by atoms with E-state index in [9.17, 15) is 8.42 Å². The molecule has 0 aliphatic carbocycles. The number of primary sulfonamides is 1. The van der Waals surface area contributed by atoms with Gasteiger partial charge in [-0.2, -0.15) is 5.10 Å². The van der Waals surface area contributed by atoms with Crippen molar-refractivity contribution in [3.05, 3.63) is 35.9 Å². The lowest BCUT2D eigenvalue weighted by Gasteiger charge is -2.10. The van der Waals surface area contributed by atoms with Gasteiger partial charge in [0, 0.05) is 6.54 Å². The van der Waals surface area contributed by atoms with Gasteiger partial charge in [-0.25, -0.2) is 23.2 Å². The molecule has 2 rings (SSSR count). The number of rotatable bonds is 6. The van der Waals surface area contributed by atoms with Crippen LogP contribution in [0.15, 0.2) is 29.4 Å². The first kappa shape index (κ1) is 15.5. The highest BCUT2D eigenvalue weighted by molar-refractivity contribution is 7.89. The summed E-state index contributed by atoms with van der Waals surface area (Å²) < 4.78 is 30.0. The van der Waals surface area contributed by atoms with Crippen LogP contribution in [-0.2, 0) is 23.2 Å². The summed E-state index contributed by atoms with van der Waals surface area (Å²) in [5, 5.41) is 9.21. The van der Waals surface area contributed by atoms with Crippen LogP contribution in [0.5, 0.6) is 5.75 Å². The van der Waals surface area contributed by atoms with Crippen molar-refractivity contribution in [2.45, 2.75) is 38.3 Å². The number of hydrogen-bond donors (Lipinski definition) is 1. The third-order valence-corrected chi connectivity index (χ3v) is 3.87. The minimum atomic E-state index is -3.70. The number of aromatic nitrogens is 3. The van der Waals surface area contributed by atoms with Gasteiger partial charge in [-0.3, -0.25) is 0 Å². The van der Waals surface area contributed by atoms with Crippen molar-refractivity contribution in [1.82, 2.24) is 14.8 Å². The molecule has 0 saturated heterocycles. The first-order valence-electron chi connectivity index (χ1n) is 6.54. The fourth-order valence-electron chi connectivity index (χ4n) is 1.90. The van der Waals surface area contributed by atoms with Gasteiger partial charge in [0.25, 0.3) is 0 Å². The van der Waals surface area contributed by atoms with Gasteiger partial charge in [0.1, 0.15) is 18.7 Å². The maximum absolute atomic E-state index is 11.3. The highest BCUT2D eigenvalue weighted by Crippen LogP contribution is 2.21. The standard InChI is InChI=1S/C13H18N4O3S/c1-3-6-17-13(15-9-16-17)8-20-12-5-4-11(7-10(12)2)21(14,18)19/h4-5,7,9H,3,6,8H2,1-2H3,(H2,14,18,19). The molecular weight excluding hydrogens is 292 g/mol. The topological polar surface area (TPSA) is 100 Å². The zero-order valence-electron chi connectivity index (χ0n) is 12.0. The van der Waals surface area contributed by atoms with E-state index in [2.05, 4.69) is 17.0 Å². The van der Waals surface area contributed by atoms with Crippen molar-refractivity contribution in [2.75, 3.05) is 0 Å². The van der Waals surface area contributed by atoms with Gasteiger partial charge in [0.05, 0.1) is 4.90 Å². The lowest BCUT2D eigenvalue weighted by atomic mass is 10.2. The van der Waals surface area contributed by atoms with E-state index in [0.717, 1.165) is 18.8 Å². The molecular formula is C13H18N4O3S. The largest absolute Gasteiger partial charge is 0.485 e. The maximum atomic E-state index is 11.3. The van der Waals surface area contributed by atoms with Crippen molar-refractivity contribution in [3.63, 3.8) is 0 Å². The van der Waals surface area contributed by atoms with E-state index in [-0.39, 0.29) is 11.5 Å². The highest BCUT2D eigenvalue weighted by Gasteiger charge is 2.11. The van der Waals surface area contributed by atoms with Crippen LogP contribution in [0.25, 0.3) is 0 Å². The van der Waals surface area contributed by atoms with Crippen LogP contribution in [0, 0.1) is 6.92 Å². The van der Waals surface area contributed by atoms with Gasteiger partial charge >= 0.3 is 0 Å². The molecule has 2 aromatic rings. The molecule has 0 spiro atoms. The van der Waals surface area contributed by atoms with Gasteiger partial charge in [-0.15, -0.1) is 0 Å². The molecule has 21 heavy (non-hydrogen) atoms. The maximum Gasteiger partial charge on any atom is 0.238 e. The molecule has 0 radical (unpaired) electrons. The molecule has 0 unspecified atom stereocenters. The lowest BCUT2D eigenvalue weighted by Crippen LogP contribution is -2.12. The number of nitrogens with zero attached hydrogens (tertiary/aromatic N) is 3. The van der Waals surface area contributed by atoms with Crippen LogP contribution in [0.4, 0.5) is 0 Å². The van der Waals surface area contributed by atoms with Crippen LogP contribution in [0.1, 0.15) is 24.7 Å². The first-order chi connectivity index (χ1) is 9.91. The number of aryl methyl sites for hydroxylation is 2. The van der Waals surface area contributed by atoms with Crippen molar-refractivity contribution in [1.29, 1.82) is 0 Å². The molecule has 0 aliphatic heterocycles. The quantitative estimate of drug-likeness (QED) is 0.864. The van der Waals surface area contributed by atoms with E-state index >= 15 is 0 Å². The Labute approximate surface area is 123 Å². The Hall–Kier alpha value is -1.93. The van der Waals surface area contributed by atoms with Crippen molar-refractivity contribution in [3.8, 4) is 5.75 Å². The molecule has 8 heteroatoms. The Morgan fingerprint density at radius 1 is 1.38 bits per heavy atom. The van der Waals surface area contributed by atoms with Crippen LogP contribution in [0.3, 0.4) is 0 Å². The zero-order chi connectivity index (χ0) is 15.5. The molecule has 0 aliphatic rings. The summed E-state index contributed by atoms with van der Waals surface area (Å²) in [6, 6.07) is 4.51. The lowest BCUT2D eigenvalue weighted by molar-refractivity contribution is 0.284. The Balaban J connectivity index is 2.12. The molecule has 7 nitrogen and oxygen atoms in total. The predicted octanol–water partition coefficient (Wildman–Crippen LogP) is 1.22. The second kappa shape index (κ2) is 6.23. The van der Waals surface area contributed by atoms with E-state index in [4.69, 9.17) is 9.88 Å². The molecule has 0 fully saturated rings. The number of ether oxygens (including phenoxy) is 1. The van der Waals surface area contributed by atoms with Crippen molar-refractivity contribution in [2.24, 2.45) is 5.14 Å². The SMILES string of the molecule is CCCn1ncnc1COc1ccc(S(N)(=O)=O)cc1C. The number of benzene rings is 1. The number of hydrogen-bond acceptors (Lipinski definition) is 5. The monoisotopic (exact) mass is 310 g/mol. The molecule has 114 valence electrons. The Morgan fingerprint density at radius 3 is 2.76 bits per heavy atom. The highest BCUT2D eigenvalue weighted by atomic mass is 32.2. The fourth-order valence-corrected chi connectivity index (χ4v) is 2.50. The van der Waals surface area contributed by atoms with Gasteiger partial charge in [-0.1, -0.05) is 6.92 Å². The third kappa shape index (κ3) is 3.79. The van der Waals surface area contributed by atoms with Gasteiger partial charge in [0.2, 0.25) is 10.0 Å². The number of nitrogens with two attached hydrogens (primary N) is 1. The summed E-state index contributed by atoms with van der Waals surface area (Å²) in [5.41, 5.74) is 0.697. The summed E-state index contributed by atoms with van der Waals surface area (Å²) >= 11 is 0. The summed E-state index contributed by atoms with van der Waals surface area (Å²) in [4.78, 5) is 4.22. The molecule has 1 heterocycles. The molecule has 1 aromatic heterocycles. The Bertz CT molecular complexity index is 725. The van der Waals surface area contributed by atoms with Crippen molar-refractivity contribution >= 4 is 10.0 Å². The van der Waals surface area contributed by atoms with E-state index < -0.39 is 10.0 Å². The van der Waals surface area contributed by atoms with E-state index in [0.29, 0.717) is 11.3 Å². The second-order valence-electron chi connectivity index (χ2n) is 4.66. The Morgan fingerprint density at radius 2 is 2.14 bits per heavy atom. The minimum Gasteiger partial charge on any atom is -0.485 e. The molecule has 0 saturated carbocycles. The average molecular weight is 310 g/mol. The fraction of sp³-hybridized carbons (Fsp3) is 0.385. The Kier molecular flexibility index (Phi) is 4.59. The third-order valence-electron chi connectivity index (χ3n) is 2.96. The molecule has 2 N–H and O–H groups in total. The number of sulfonamides is 1. The van der Waals surface area contributed by atoms with E-state index in [1.54, 1.807) is 17.7 Å². The molecule has 1 aromatic carbocycles. The van der Waals surface area contributed by atoms with Gasteiger partial charge in [0.15, 0.2) is 5.82 Å². The summed E-state index contributed by atoms with van der Waals surface area (Å²) in [6.45, 7) is 4.88. The summed E-state index contributed by atoms with van der Waals surface area (Å²) in [6.07, 6.45) is 2.45. The van der Waals surface area contributed by atoms with E-state index in [1.165, 1.54) is 18.5 Å². The average Bonchev–Trinajstić information content (AvgIpc) is 2.84. The van der Waals surface area contributed by atoms with Crippen LogP contribution < -0.4 is 9.88 Å². The van der Waals surface area contributed by atoms with Crippen LogP contribution in [-0.4, -0.2) is 23.2 Å². The van der Waals surface area contributed by atoms with E-state index in [1.807, 2.05) is 0 Å². The van der Waals surface area contributed by atoms with Crippen LogP contribution >= 0.6 is 0 Å². The summed E-state index contributed by atoms with van der Waals surface area (Å²) in [7, 11) is -3.70. The zero-order valence-corrected chi connectivity index (χ0v) is 12.8. The molecule has 0 bridgehead atoms.